The van der Waals surface area contributed by atoms with Crippen LogP contribution in [0.1, 0.15) is 22.3 Å². The van der Waals surface area contributed by atoms with Crippen molar-refractivity contribution in [2.45, 2.75) is 5.41 Å². The van der Waals surface area contributed by atoms with Gasteiger partial charge in [0.15, 0.2) is 0 Å². The first-order valence-corrected chi connectivity index (χ1v) is 23.2. The van der Waals surface area contributed by atoms with Gasteiger partial charge < -0.3 is 18.5 Å². The van der Waals surface area contributed by atoms with Crippen molar-refractivity contribution < 1.29 is 4.42 Å². The van der Waals surface area contributed by atoms with Crippen molar-refractivity contribution in [1.29, 1.82) is 0 Å². The Morgan fingerprint density at radius 2 is 0.952 bits per heavy atom. The molecule has 0 saturated heterocycles. The lowest BCUT2D eigenvalue weighted by Gasteiger charge is -2.44. The predicted octanol–water partition coefficient (Wildman–Crippen LogP) is 16.0. The molecule has 1 aliphatic carbocycles. The highest BCUT2D eigenvalue weighted by Crippen LogP contribution is 2.67. The van der Waals surface area contributed by atoms with Gasteiger partial charge in [0.25, 0.3) is 0 Å². The third-order valence-electron chi connectivity index (χ3n) is 13.9. The van der Waals surface area contributed by atoms with Gasteiger partial charge in [-0.3, -0.25) is 0 Å². The molecule has 2 aliphatic rings. The molecule has 0 saturated carbocycles. The summed E-state index contributed by atoms with van der Waals surface area (Å²) in [7, 11) is 0. The highest BCUT2D eigenvalue weighted by Gasteiger charge is 2.54. The van der Waals surface area contributed by atoms with Crippen molar-refractivity contribution >= 4 is 105 Å². The lowest BCUT2D eigenvalue weighted by Crippen LogP contribution is -2.36. The van der Waals surface area contributed by atoms with E-state index in [0.29, 0.717) is 0 Å². The van der Waals surface area contributed by atoms with Crippen molar-refractivity contribution in [1.82, 2.24) is 9.13 Å². The fourth-order valence-corrected chi connectivity index (χ4v) is 13.6. The van der Waals surface area contributed by atoms with Crippen LogP contribution in [0.3, 0.4) is 0 Å². The Labute approximate surface area is 369 Å². The number of anilines is 3. The summed E-state index contributed by atoms with van der Waals surface area (Å²) in [5.41, 5.74) is 17.1. The first-order chi connectivity index (χ1) is 31.3. The molecule has 1 spiro atoms. The number of aromatic nitrogens is 2. The first kappa shape index (κ1) is 34.0. The van der Waals surface area contributed by atoms with Crippen LogP contribution in [0.15, 0.2) is 203 Å². The third kappa shape index (κ3) is 4.25. The first-order valence-electron chi connectivity index (χ1n) is 21.4. The summed E-state index contributed by atoms with van der Waals surface area (Å²) in [5, 5.41) is 11.8. The van der Waals surface area contributed by atoms with E-state index in [1.54, 1.807) is 0 Å². The smallest absolute Gasteiger partial charge is 0.135 e. The van der Waals surface area contributed by atoms with Crippen molar-refractivity contribution in [3.8, 4) is 21.1 Å². The second kappa shape index (κ2) is 12.3. The maximum atomic E-state index is 6.69. The van der Waals surface area contributed by atoms with Crippen LogP contribution in [0, 0.1) is 0 Å². The minimum atomic E-state index is -0.516. The van der Waals surface area contributed by atoms with Gasteiger partial charge in [-0.2, -0.15) is 0 Å². The molecule has 4 nitrogen and oxygen atoms in total. The van der Waals surface area contributed by atoms with E-state index in [9.17, 15) is 0 Å². The van der Waals surface area contributed by atoms with Crippen LogP contribution in [0.25, 0.3) is 86.7 Å². The molecule has 13 aromatic rings. The average Bonchev–Trinajstić information content (AvgIpc) is 4.20. The summed E-state index contributed by atoms with van der Waals surface area (Å²) >= 11 is 3.71. The minimum Gasteiger partial charge on any atom is -0.456 e. The van der Waals surface area contributed by atoms with Crippen LogP contribution in [-0.2, 0) is 5.41 Å². The van der Waals surface area contributed by atoms with Gasteiger partial charge in [0, 0.05) is 64.7 Å². The number of hydrogen-bond donors (Lipinski definition) is 0. The zero-order chi connectivity index (χ0) is 41.0. The van der Waals surface area contributed by atoms with Crippen LogP contribution < -0.4 is 4.90 Å². The lowest BCUT2D eigenvalue weighted by molar-refractivity contribution is 0.667. The van der Waals surface area contributed by atoms with Crippen molar-refractivity contribution in [3.63, 3.8) is 0 Å². The molecule has 8 aromatic carbocycles. The van der Waals surface area contributed by atoms with E-state index in [1.165, 1.54) is 92.4 Å². The number of furan rings is 1. The fourth-order valence-electron chi connectivity index (χ4n) is 11.5. The number of hydrogen-bond acceptors (Lipinski definition) is 4. The molecule has 294 valence electrons. The number of nitrogens with zero attached hydrogens (tertiary/aromatic N) is 3. The van der Waals surface area contributed by atoms with Crippen LogP contribution in [0.2, 0.25) is 0 Å². The predicted molar refractivity (Wildman–Crippen MR) is 264 cm³/mol. The SMILES string of the molecule is c1cc(N2c3ccccc3C3(c4ccsc4-c4sccc43)c3c2ccc2oc4ccccc4c32)cc(-n2c3ccccc3c3cc(-n4c5ccccc5c5ccccc54)ccc32)c1. The van der Waals surface area contributed by atoms with E-state index < -0.39 is 5.41 Å². The second-order valence-corrected chi connectivity index (χ2v) is 18.6. The van der Waals surface area contributed by atoms with Crippen LogP contribution >= 0.6 is 22.7 Å². The Kier molecular flexibility index (Phi) is 6.62. The highest BCUT2D eigenvalue weighted by atomic mass is 32.1. The van der Waals surface area contributed by atoms with E-state index in [2.05, 4.69) is 213 Å². The lowest BCUT2D eigenvalue weighted by atomic mass is 9.64. The largest absolute Gasteiger partial charge is 0.456 e. The second-order valence-electron chi connectivity index (χ2n) is 16.8. The molecule has 0 N–H and O–H groups in total. The van der Waals surface area contributed by atoms with E-state index in [4.69, 9.17) is 4.42 Å². The molecule has 0 radical (unpaired) electrons. The average molecular weight is 840 g/mol. The quantitative estimate of drug-likeness (QED) is 0.177. The van der Waals surface area contributed by atoms with Gasteiger partial charge in [-0.1, -0.05) is 97.1 Å². The Bertz CT molecular complexity index is 3990. The van der Waals surface area contributed by atoms with Crippen LogP contribution in [0.5, 0.6) is 0 Å². The molecule has 6 heterocycles. The minimum absolute atomic E-state index is 0.516. The molecule has 6 heteroatoms. The van der Waals surface area contributed by atoms with Crippen LogP contribution in [0.4, 0.5) is 17.1 Å². The molecule has 0 amide bonds. The summed E-state index contributed by atoms with van der Waals surface area (Å²) in [5.74, 6) is 0. The number of thiophene rings is 2. The Morgan fingerprint density at radius 3 is 1.67 bits per heavy atom. The molecule has 15 rings (SSSR count). The molecule has 5 aromatic heterocycles. The molecular formula is C57H33N3OS2. The van der Waals surface area contributed by atoms with Crippen molar-refractivity contribution in [3.05, 3.63) is 221 Å². The summed E-state index contributed by atoms with van der Waals surface area (Å²) < 4.78 is 11.6. The van der Waals surface area contributed by atoms with Gasteiger partial charge in [0.1, 0.15) is 11.2 Å². The molecule has 1 aliphatic heterocycles. The van der Waals surface area contributed by atoms with E-state index in [1.807, 2.05) is 22.7 Å². The normalized spacial score (nSPS) is 13.8. The number of benzene rings is 8. The highest BCUT2D eigenvalue weighted by molar-refractivity contribution is 7.21. The number of fused-ring (bicyclic) bond motifs is 19. The van der Waals surface area contributed by atoms with Gasteiger partial charge >= 0.3 is 0 Å². The fraction of sp³-hybridized carbons (Fsp3) is 0.0175. The van der Waals surface area contributed by atoms with E-state index in [0.717, 1.165) is 33.6 Å². The Balaban J connectivity index is 0.982. The Hall–Kier alpha value is -7.64. The summed E-state index contributed by atoms with van der Waals surface area (Å²) in [6, 6.07) is 69.3. The van der Waals surface area contributed by atoms with Gasteiger partial charge in [-0.05, 0) is 118 Å². The van der Waals surface area contributed by atoms with Crippen molar-refractivity contribution in [2.75, 3.05) is 4.90 Å². The number of rotatable bonds is 3. The van der Waals surface area contributed by atoms with Gasteiger partial charge in [-0.25, -0.2) is 0 Å². The third-order valence-corrected chi connectivity index (χ3v) is 15.9. The standard InChI is InChI=1S/C57H33N3OS2/c1-6-19-45-37(14-1)38-15-2-7-20-46(38)59(45)36-24-25-48-41(33-36)39-16-3-8-21-47(39)58(48)34-12-11-13-35(32-34)60-49-22-9-5-18-42(49)57(43-28-30-62-55(43)56-44(57)29-31-63-56)54-50(60)26-27-52-53(54)40-17-4-10-23-51(40)61-52/h1-33H. The summed E-state index contributed by atoms with van der Waals surface area (Å²) in [6.45, 7) is 0. The monoisotopic (exact) mass is 839 g/mol. The zero-order valence-corrected chi connectivity index (χ0v) is 35.3. The van der Waals surface area contributed by atoms with E-state index >= 15 is 0 Å². The Morgan fingerprint density at radius 1 is 0.381 bits per heavy atom. The topological polar surface area (TPSA) is 26.2 Å². The van der Waals surface area contributed by atoms with Crippen LogP contribution in [-0.4, -0.2) is 9.13 Å². The molecule has 0 bridgehead atoms. The van der Waals surface area contributed by atoms with Gasteiger partial charge in [0.05, 0.1) is 38.9 Å². The van der Waals surface area contributed by atoms with Gasteiger partial charge in [0.2, 0.25) is 0 Å². The molecule has 63 heavy (non-hydrogen) atoms. The molecule has 0 fully saturated rings. The van der Waals surface area contributed by atoms with E-state index in [-0.39, 0.29) is 0 Å². The maximum absolute atomic E-state index is 6.69. The van der Waals surface area contributed by atoms with Gasteiger partial charge in [-0.15, -0.1) is 22.7 Å². The zero-order valence-electron chi connectivity index (χ0n) is 33.6. The summed E-state index contributed by atoms with van der Waals surface area (Å²) in [4.78, 5) is 5.24. The number of para-hydroxylation sites is 5. The maximum Gasteiger partial charge on any atom is 0.135 e. The molecule has 0 unspecified atom stereocenters. The summed E-state index contributed by atoms with van der Waals surface area (Å²) in [6.07, 6.45) is 0. The molecular weight excluding hydrogens is 807 g/mol. The van der Waals surface area contributed by atoms with Crippen molar-refractivity contribution in [2.24, 2.45) is 0 Å². The molecule has 0 atom stereocenters.